The molecular formula is C23H45NO11. The Morgan fingerprint density at radius 1 is 0.543 bits per heavy atom. The quantitative estimate of drug-likeness (QED) is 0.107. The van der Waals surface area contributed by atoms with Crippen molar-refractivity contribution in [2.45, 2.75) is 25.7 Å². The number of hydrogen-bond donors (Lipinski definition) is 2. The minimum Gasteiger partial charge on any atom is -0.481 e. The molecule has 0 saturated heterocycles. The van der Waals surface area contributed by atoms with Crippen LogP contribution in [0.15, 0.2) is 0 Å². The smallest absolute Gasteiger partial charge is 0.305 e. The Labute approximate surface area is 208 Å². The lowest BCUT2D eigenvalue weighted by Crippen LogP contribution is -2.17. The van der Waals surface area contributed by atoms with E-state index in [9.17, 15) is 9.59 Å². The molecule has 12 nitrogen and oxygen atoms in total. The van der Waals surface area contributed by atoms with E-state index in [1.54, 1.807) is 0 Å². The lowest BCUT2D eigenvalue weighted by molar-refractivity contribution is -0.146. The summed E-state index contributed by atoms with van der Waals surface area (Å²) in [7, 11) is 1.89. The van der Waals surface area contributed by atoms with Gasteiger partial charge in [-0.1, -0.05) is 0 Å². The first-order chi connectivity index (χ1) is 17.2. The Morgan fingerprint density at radius 2 is 0.886 bits per heavy atom. The number of unbranched alkanes of at least 4 members (excludes halogenated alkanes) is 1. The topological polar surface area (TPSA) is 140 Å². The average Bonchev–Trinajstić information content (AvgIpc) is 2.84. The number of carbonyl (C=O) groups excluding carboxylic acids is 1. The van der Waals surface area contributed by atoms with Crippen LogP contribution in [0.2, 0.25) is 0 Å². The van der Waals surface area contributed by atoms with Crippen LogP contribution in [0.4, 0.5) is 0 Å². The molecule has 0 saturated carbocycles. The van der Waals surface area contributed by atoms with Crippen LogP contribution in [0.5, 0.6) is 0 Å². The summed E-state index contributed by atoms with van der Waals surface area (Å²) in [4.78, 5) is 21.8. The highest BCUT2D eigenvalue weighted by Gasteiger charge is 2.04. The Hall–Kier alpha value is -1.38. The van der Waals surface area contributed by atoms with Gasteiger partial charge in [0.05, 0.1) is 92.5 Å². The molecule has 0 aromatic heterocycles. The van der Waals surface area contributed by atoms with Crippen LogP contribution in [0.1, 0.15) is 25.7 Å². The molecule has 0 heterocycles. The van der Waals surface area contributed by atoms with E-state index >= 15 is 0 Å². The number of nitrogens with one attached hydrogen (secondary N) is 1. The van der Waals surface area contributed by atoms with E-state index in [1.807, 2.05) is 7.05 Å². The molecule has 0 aromatic carbocycles. The van der Waals surface area contributed by atoms with E-state index in [-0.39, 0.29) is 25.4 Å². The molecule has 0 bridgehead atoms. The molecule has 0 aliphatic carbocycles. The van der Waals surface area contributed by atoms with Crippen molar-refractivity contribution in [3.63, 3.8) is 0 Å². The number of carboxylic acid groups (broad SMARTS) is 1. The Kier molecular flexibility index (Phi) is 27.7. The maximum absolute atomic E-state index is 11.4. The fraction of sp³-hybridized carbons (Fsp3) is 0.913. The molecule has 0 amide bonds. The van der Waals surface area contributed by atoms with Gasteiger partial charge in [-0.2, -0.15) is 0 Å². The fourth-order valence-electron chi connectivity index (χ4n) is 2.43. The second-order valence-electron chi connectivity index (χ2n) is 7.21. The van der Waals surface area contributed by atoms with Crippen molar-refractivity contribution in [2.24, 2.45) is 0 Å². The fourth-order valence-corrected chi connectivity index (χ4v) is 2.43. The first kappa shape index (κ1) is 33.6. The summed E-state index contributed by atoms with van der Waals surface area (Å²) in [5.74, 6) is -1.20. The van der Waals surface area contributed by atoms with Crippen molar-refractivity contribution in [1.29, 1.82) is 0 Å². The van der Waals surface area contributed by atoms with Gasteiger partial charge in [0.2, 0.25) is 0 Å². The van der Waals surface area contributed by atoms with Crippen LogP contribution in [0.3, 0.4) is 0 Å². The predicted octanol–water partition coefficient (Wildman–Crippen LogP) is 0.510. The van der Waals surface area contributed by atoms with E-state index in [0.717, 1.165) is 6.54 Å². The Bertz CT molecular complexity index is 469. The summed E-state index contributed by atoms with van der Waals surface area (Å²) in [5, 5.41) is 11.5. The molecular weight excluding hydrogens is 466 g/mol. The van der Waals surface area contributed by atoms with Crippen LogP contribution in [0.25, 0.3) is 0 Å². The van der Waals surface area contributed by atoms with Gasteiger partial charge in [0, 0.05) is 19.4 Å². The van der Waals surface area contributed by atoms with Crippen LogP contribution >= 0.6 is 0 Å². The summed E-state index contributed by atoms with van der Waals surface area (Å²) in [6.07, 6.45) is 1.26. The van der Waals surface area contributed by atoms with Crippen LogP contribution in [-0.4, -0.2) is 130 Å². The predicted molar refractivity (Wildman–Crippen MR) is 127 cm³/mol. The number of ether oxygens (including phenoxy) is 8. The number of esters is 1. The highest BCUT2D eigenvalue weighted by molar-refractivity contribution is 5.69. The van der Waals surface area contributed by atoms with Gasteiger partial charge in [0.25, 0.3) is 0 Å². The maximum atomic E-state index is 11.4. The van der Waals surface area contributed by atoms with Gasteiger partial charge in [-0.25, -0.2) is 0 Å². The average molecular weight is 512 g/mol. The largest absolute Gasteiger partial charge is 0.481 e. The van der Waals surface area contributed by atoms with Crippen molar-refractivity contribution >= 4 is 11.9 Å². The molecule has 0 unspecified atom stereocenters. The highest BCUT2D eigenvalue weighted by atomic mass is 16.6. The maximum Gasteiger partial charge on any atom is 0.305 e. The van der Waals surface area contributed by atoms with Gasteiger partial charge in [-0.3, -0.25) is 9.59 Å². The molecule has 0 aliphatic rings. The third-order valence-corrected chi connectivity index (χ3v) is 4.24. The van der Waals surface area contributed by atoms with Crippen molar-refractivity contribution < 1.29 is 52.6 Å². The van der Waals surface area contributed by atoms with E-state index in [4.69, 9.17) is 43.0 Å². The van der Waals surface area contributed by atoms with Crippen molar-refractivity contribution in [1.82, 2.24) is 5.32 Å². The Balaban J connectivity index is 3.10. The molecule has 0 radical (unpaired) electrons. The molecule has 0 aliphatic heterocycles. The van der Waals surface area contributed by atoms with Gasteiger partial charge >= 0.3 is 11.9 Å². The summed E-state index contributed by atoms with van der Waals surface area (Å²) in [5.41, 5.74) is 0. The summed E-state index contributed by atoms with van der Waals surface area (Å²) >= 11 is 0. The first-order valence-electron chi connectivity index (χ1n) is 12.2. The third-order valence-electron chi connectivity index (χ3n) is 4.24. The minimum atomic E-state index is -0.859. The van der Waals surface area contributed by atoms with E-state index in [0.29, 0.717) is 105 Å². The van der Waals surface area contributed by atoms with Gasteiger partial charge in [-0.05, 0) is 19.9 Å². The number of hydrogen-bond acceptors (Lipinski definition) is 11. The van der Waals surface area contributed by atoms with Crippen molar-refractivity contribution in [3.8, 4) is 0 Å². The molecule has 0 aromatic rings. The van der Waals surface area contributed by atoms with E-state index in [2.05, 4.69) is 5.32 Å². The second kappa shape index (κ2) is 28.9. The zero-order chi connectivity index (χ0) is 25.7. The molecule has 0 spiro atoms. The highest BCUT2D eigenvalue weighted by Crippen LogP contribution is 2.01. The standard InChI is InChI=1S/C23H45NO11/c1-24-6-7-28-8-9-29-10-11-30-12-13-31-14-15-32-16-17-33-18-19-34-20-21-35-23(27)5-3-2-4-22(25)26/h24H,2-21H2,1H3,(H,25,26). The zero-order valence-electron chi connectivity index (χ0n) is 21.2. The van der Waals surface area contributed by atoms with Crippen LogP contribution in [0, 0.1) is 0 Å². The van der Waals surface area contributed by atoms with Crippen LogP contribution in [-0.2, 0) is 47.5 Å². The lowest BCUT2D eigenvalue weighted by atomic mass is 10.2. The number of likely N-dealkylation sites (N-methyl/N-ethyl adjacent to an activating group) is 1. The molecule has 0 rings (SSSR count). The molecule has 0 fully saturated rings. The number of carbonyl (C=O) groups is 2. The SMILES string of the molecule is CNCCOCCOCCOCCOCCOCCOCCOCCOC(=O)CCCCC(=O)O. The zero-order valence-corrected chi connectivity index (χ0v) is 21.2. The van der Waals surface area contributed by atoms with Gasteiger partial charge < -0.3 is 48.3 Å². The first-order valence-corrected chi connectivity index (χ1v) is 12.2. The molecule has 35 heavy (non-hydrogen) atoms. The monoisotopic (exact) mass is 511 g/mol. The van der Waals surface area contributed by atoms with Crippen molar-refractivity contribution in [3.05, 3.63) is 0 Å². The van der Waals surface area contributed by atoms with Gasteiger partial charge in [0.1, 0.15) is 6.61 Å². The molecule has 0 atom stereocenters. The number of aliphatic carboxylic acids is 1. The van der Waals surface area contributed by atoms with Gasteiger partial charge in [-0.15, -0.1) is 0 Å². The molecule has 2 N–H and O–H groups in total. The summed E-state index contributed by atoms with van der Waals surface area (Å²) < 4.78 is 42.6. The number of carboxylic acids is 1. The molecule has 12 heteroatoms. The van der Waals surface area contributed by atoms with Crippen LogP contribution < -0.4 is 5.32 Å². The van der Waals surface area contributed by atoms with E-state index in [1.165, 1.54) is 0 Å². The Morgan fingerprint density at radius 3 is 1.26 bits per heavy atom. The minimum absolute atomic E-state index is 0.0662. The van der Waals surface area contributed by atoms with Crippen molar-refractivity contribution in [2.75, 3.05) is 113 Å². The third kappa shape index (κ3) is 30.6. The molecule has 208 valence electrons. The summed E-state index contributed by atoms with van der Waals surface area (Å²) in [6, 6.07) is 0. The second-order valence-corrected chi connectivity index (χ2v) is 7.21. The van der Waals surface area contributed by atoms with Gasteiger partial charge in [0.15, 0.2) is 0 Å². The lowest BCUT2D eigenvalue weighted by Gasteiger charge is -2.08. The summed E-state index contributed by atoms with van der Waals surface area (Å²) in [6.45, 7) is 7.94. The number of rotatable bonds is 29. The normalized spacial score (nSPS) is 11.1. The van der Waals surface area contributed by atoms with E-state index < -0.39 is 5.97 Å².